The molecule has 4 heteroatoms. The van der Waals surface area contributed by atoms with Crippen molar-refractivity contribution in [3.63, 3.8) is 0 Å². The van der Waals surface area contributed by atoms with Crippen LogP contribution < -0.4 is 0 Å². The molecule has 0 unspecified atom stereocenters. The van der Waals surface area contributed by atoms with E-state index in [1.807, 2.05) is 0 Å². The molecule has 6 heavy (non-hydrogen) atoms. The molecule has 0 atom stereocenters. The molecule has 0 aromatic carbocycles. The van der Waals surface area contributed by atoms with Crippen LogP contribution in [0.1, 0.15) is 0 Å². The topological polar surface area (TPSA) is 38.9 Å². The van der Waals surface area contributed by atoms with E-state index in [4.69, 9.17) is 0 Å². The van der Waals surface area contributed by atoms with Crippen LogP contribution in [0.2, 0.25) is 0 Å². The standard InChI is InChI=1S/C2H2N2O.Ag/c1-2-5-4-3-1;/h1-2H;. The fraction of sp³-hybridized carbons (Fsp3) is 0. The molecule has 1 aromatic rings. The van der Waals surface area contributed by atoms with Crippen molar-refractivity contribution in [3.05, 3.63) is 12.5 Å². The molecule has 0 fully saturated rings. The van der Waals surface area contributed by atoms with E-state index in [1.54, 1.807) is 0 Å². The second-order valence-electron chi connectivity index (χ2n) is 0.588. The summed E-state index contributed by atoms with van der Waals surface area (Å²) in [5.74, 6) is 0. The molecule has 3 nitrogen and oxygen atoms in total. The van der Waals surface area contributed by atoms with Crippen molar-refractivity contribution in [3.8, 4) is 0 Å². The van der Waals surface area contributed by atoms with Gasteiger partial charge in [0.15, 0.2) is 0 Å². The van der Waals surface area contributed by atoms with Crippen LogP contribution in [0, 0.1) is 0 Å². The second-order valence-corrected chi connectivity index (χ2v) is 0.588. The van der Waals surface area contributed by atoms with Gasteiger partial charge in [-0.2, -0.15) is 0 Å². The van der Waals surface area contributed by atoms with Crippen molar-refractivity contribution in [1.82, 2.24) is 10.4 Å². The summed E-state index contributed by atoms with van der Waals surface area (Å²) in [6.45, 7) is 0. The maximum Gasteiger partial charge on any atom is 0.144 e. The van der Waals surface area contributed by atoms with E-state index < -0.39 is 0 Å². The first-order valence-electron chi connectivity index (χ1n) is 1.21. The molecule has 1 radical (unpaired) electrons. The first-order valence-corrected chi connectivity index (χ1v) is 1.21. The summed E-state index contributed by atoms with van der Waals surface area (Å²) >= 11 is 0. The monoisotopic (exact) mass is 177 g/mol. The predicted octanol–water partition coefficient (Wildman–Crippen LogP) is 0.0671. The van der Waals surface area contributed by atoms with Crippen LogP contribution in [0.25, 0.3) is 0 Å². The molecule has 1 aromatic heterocycles. The van der Waals surface area contributed by atoms with E-state index in [1.165, 1.54) is 12.5 Å². The molecule has 0 aliphatic rings. The Bertz CT molecular complexity index is 68.0. The molecule has 0 amide bonds. The summed E-state index contributed by atoms with van der Waals surface area (Å²) in [6.07, 6.45) is 2.88. The normalized spacial score (nSPS) is 6.67. The molecule has 1 rings (SSSR count). The minimum atomic E-state index is 0. The van der Waals surface area contributed by atoms with Gasteiger partial charge in [0.1, 0.15) is 6.26 Å². The zero-order valence-corrected chi connectivity index (χ0v) is 4.24. The molecular weight excluding hydrogens is 176 g/mol. The Balaban J connectivity index is 0.000000250. The van der Waals surface area contributed by atoms with Crippen LogP contribution in [0.5, 0.6) is 0 Å². The maximum atomic E-state index is 4.22. The van der Waals surface area contributed by atoms with Crippen molar-refractivity contribution in [2.45, 2.75) is 0 Å². The first kappa shape index (κ1) is 5.88. The van der Waals surface area contributed by atoms with E-state index in [9.17, 15) is 0 Å². The minimum Gasteiger partial charge on any atom is -0.346 e. The Morgan fingerprint density at radius 1 is 1.50 bits per heavy atom. The smallest absolute Gasteiger partial charge is 0.144 e. The maximum absolute atomic E-state index is 4.22. The van der Waals surface area contributed by atoms with Crippen molar-refractivity contribution in [2.75, 3.05) is 0 Å². The average molecular weight is 178 g/mol. The summed E-state index contributed by atoms with van der Waals surface area (Å²) in [7, 11) is 0. The Morgan fingerprint density at radius 2 is 2.33 bits per heavy atom. The molecule has 0 saturated heterocycles. The van der Waals surface area contributed by atoms with Gasteiger partial charge in [-0.1, -0.05) is 0 Å². The first-order chi connectivity index (χ1) is 2.50. The second kappa shape index (κ2) is 3.09. The summed E-state index contributed by atoms with van der Waals surface area (Å²) in [6, 6.07) is 0. The van der Waals surface area contributed by atoms with Crippen molar-refractivity contribution in [2.24, 2.45) is 0 Å². The molecule has 0 N–H and O–H groups in total. The van der Waals surface area contributed by atoms with Gasteiger partial charge in [-0.25, -0.2) is 0 Å². The van der Waals surface area contributed by atoms with Gasteiger partial charge in [-0.3, -0.25) is 0 Å². The fourth-order valence-corrected chi connectivity index (χ4v) is 0.136. The third-order valence-corrected chi connectivity index (χ3v) is 0.283. The molecular formula is C2H2AgN2O. The van der Waals surface area contributed by atoms with Gasteiger partial charge in [-0.05, 0) is 0 Å². The number of hydrogen-bond acceptors (Lipinski definition) is 3. The van der Waals surface area contributed by atoms with Crippen LogP contribution in [-0.4, -0.2) is 10.4 Å². The van der Waals surface area contributed by atoms with Crippen LogP contribution in [-0.2, 0) is 22.4 Å². The Morgan fingerprint density at radius 3 is 2.50 bits per heavy atom. The van der Waals surface area contributed by atoms with E-state index in [2.05, 4.69) is 14.9 Å². The molecule has 0 saturated carbocycles. The molecule has 1 heterocycles. The Kier molecular flexibility index (Phi) is 3.02. The van der Waals surface area contributed by atoms with Crippen LogP contribution in [0.15, 0.2) is 17.0 Å². The van der Waals surface area contributed by atoms with Crippen LogP contribution >= 0.6 is 0 Å². The quantitative estimate of drug-likeness (QED) is 0.527. The molecule has 0 aliphatic heterocycles. The van der Waals surface area contributed by atoms with Crippen LogP contribution in [0.3, 0.4) is 0 Å². The molecule has 0 bridgehead atoms. The van der Waals surface area contributed by atoms with Gasteiger partial charge >= 0.3 is 0 Å². The van der Waals surface area contributed by atoms with Gasteiger partial charge in [0.2, 0.25) is 0 Å². The SMILES string of the molecule is [Ag].c1conn1. The van der Waals surface area contributed by atoms with Gasteiger partial charge < -0.3 is 4.52 Å². The van der Waals surface area contributed by atoms with E-state index in [-0.39, 0.29) is 22.4 Å². The van der Waals surface area contributed by atoms with Gasteiger partial charge in [0.25, 0.3) is 0 Å². The van der Waals surface area contributed by atoms with Crippen LogP contribution in [0.4, 0.5) is 0 Å². The summed E-state index contributed by atoms with van der Waals surface area (Å²) in [4.78, 5) is 0. The number of nitrogens with zero attached hydrogens (tertiary/aromatic N) is 2. The number of hydrogen-bond donors (Lipinski definition) is 0. The summed E-state index contributed by atoms with van der Waals surface area (Å²) < 4.78 is 4.22. The van der Waals surface area contributed by atoms with E-state index in [0.29, 0.717) is 0 Å². The Labute approximate surface area is 50.2 Å². The fourth-order valence-electron chi connectivity index (χ4n) is 0.136. The van der Waals surface area contributed by atoms with Crippen molar-refractivity contribution >= 4 is 0 Å². The molecule has 0 aliphatic carbocycles. The predicted molar refractivity (Wildman–Crippen MR) is 14.3 cm³/mol. The van der Waals surface area contributed by atoms with E-state index in [0.717, 1.165) is 0 Å². The zero-order valence-electron chi connectivity index (χ0n) is 2.76. The zero-order chi connectivity index (χ0) is 3.54. The molecule has 37 valence electrons. The van der Waals surface area contributed by atoms with E-state index >= 15 is 0 Å². The number of aromatic nitrogens is 2. The summed E-state index contributed by atoms with van der Waals surface area (Å²) in [5, 5.41) is 6.40. The van der Waals surface area contributed by atoms with Gasteiger partial charge in [0, 0.05) is 27.7 Å². The third-order valence-electron chi connectivity index (χ3n) is 0.283. The van der Waals surface area contributed by atoms with Gasteiger partial charge in [0.05, 0.1) is 6.20 Å². The molecule has 0 spiro atoms. The average Bonchev–Trinajstić information content (AvgIpc) is 1.76. The Hall–Kier alpha value is -0.120. The van der Waals surface area contributed by atoms with Crippen molar-refractivity contribution in [1.29, 1.82) is 0 Å². The van der Waals surface area contributed by atoms with Gasteiger partial charge in [-0.15, -0.1) is 5.10 Å². The summed E-state index contributed by atoms with van der Waals surface area (Å²) in [5.41, 5.74) is 0. The largest absolute Gasteiger partial charge is 0.346 e. The third kappa shape index (κ3) is 1.35. The number of rotatable bonds is 0. The van der Waals surface area contributed by atoms with Crippen molar-refractivity contribution < 1.29 is 26.9 Å². The minimum absolute atomic E-state index is 0.